The van der Waals surface area contributed by atoms with Gasteiger partial charge in [0.05, 0.1) is 29.4 Å². The number of carbonyl (C=O) groups excluding carboxylic acids is 1. The lowest BCUT2D eigenvalue weighted by molar-refractivity contribution is 0.102. The molecule has 1 amide bonds. The number of furan rings is 1. The molecule has 0 bridgehead atoms. The van der Waals surface area contributed by atoms with Crippen LogP contribution >= 0.6 is 0 Å². The first kappa shape index (κ1) is 14.6. The largest absolute Gasteiger partial charge is 0.463 e. The van der Waals surface area contributed by atoms with Crippen molar-refractivity contribution in [1.82, 2.24) is 15.3 Å². The molecular formula is C17H17N5O2. The Bertz CT molecular complexity index is 870. The maximum atomic E-state index is 12.6. The molecule has 0 unspecified atom stereocenters. The van der Waals surface area contributed by atoms with Gasteiger partial charge in [-0.25, -0.2) is 0 Å². The number of piperazine rings is 1. The molecular weight excluding hydrogens is 306 g/mol. The van der Waals surface area contributed by atoms with Crippen LogP contribution in [-0.4, -0.2) is 42.1 Å². The van der Waals surface area contributed by atoms with E-state index in [2.05, 4.69) is 25.5 Å². The summed E-state index contributed by atoms with van der Waals surface area (Å²) in [6.45, 7) is 3.60. The van der Waals surface area contributed by atoms with Crippen molar-refractivity contribution in [3.8, 4) is 0 Å². The molecule has 1 fully saturated rings. The second-order valence-corrected chi connectivity index (χ2v) is 5.61. The molecule has 3 aromatic heterocycles. The summed E-state index contributed by atoms with van der Waals surface area (Å²) in [5.74, 6) is -0.219. The Morgan fingerprint density at radius 3 is 3.00 bits per heavy atom. The normalized spacial score (nSPS) is 14.8. The quantitative estimate of drug-likeness (QED) is 0.766. The first-order valence-corrected chi connectivity index (χ1v) is 7.85. The van der Waals surface area contributed by atoms with Crippen molar-refractivity contribution in [2.45, 2.75) is 0 Å². The minimum absolute atomic E-state index is 0.219. The number of pyridine rings is 2. The Labute approximate surface area is 138 Å². The van der Waals surface area contributed by atoms with Crippen LogP contribution in [0.25, 0.3) is 11.1 Å². The highest BCUT2D eigenvalue weighted by Crippen LogP contribution is 2.25. The second kappa shape index (κ2) is 6.29. The van der Waals surface area contributed by atoms with Crippen molar-refractivity contribution < 1.29 is 9.21 Å². The van der Waals surface area contributed by atoms with Gasteiger partial charge in [0.2, 0.25) is 0 Å². The molecule has 7 heteroatoms. The van der Waals surface area contributed by atoms with Gasteiger partial charge in [-0.15, -0.1) is 0 Å². The molecule has 7 nitrogen and oxygen atoms in total. The molecule has 0 atom stereocenters. The molecule has 0 aromatic carbocycles. The highest BCUT2D eigenvalue weighted by Gasteiger charge is 2.17. The second-order valence-electron chi connectivity index (χ2n) is 5.61. The number of amides is 1. The predicted molar refractivity (Wildman–Crippen MR) is 91.3 cm³/mol. The first-order valence-electron chi connectivity index (χ1n) is 7.85. The predicted octanol–water partition coefficient (Wildman–Crippen LogP) is 1.88. The number of rotatable bonds is 3. The molecule has 122 valence electrons. The lowest BCUT2D eigenvalue weighted by Gasteiger charge is -2.30. The summed E-state index contributed by atoms with van der Waals surface area (Å²) in [5, 5.41) is 6.28. The van der Waals surface area contributed by atoms with Crippen LogP contribution in [0.2, 0.25) is 0 Å². The van der Waals surface area contributed by atoms with E-state index < -0.39 is 0 Å². The van der Waals surface area contributed by atoms with Crippen molar-refractivity contribution in [1.29, 1.82) is 0 Å². The number of aromatic nitrogens is 2. The Balaban J connectivity index is 1.59. The van der Waals surface area contributed by atoms with Crippen molar-refractivity contribution in [2.24, 2.45) is 0 Å². The number of carbonyl (C=O) groups is 1. The minimum atomic E-state index is -0.219. The highest BCUT2D eigenvalue weighted by atomic mass is 16.3. The van der Waals surface area contributed by atoms with Crippen LogP contribution in [0, 0.1) is 0 Å². The van der Waals surface area contributed by atoms with Crippen LogP contribution in [0.4, 0.5) is 11.4 Å². The zero-order valence-electron chi connectivity index (χ0n) is 13.0. The molecule has 2 N–H and O–H groups in total. The Hall–Kier alpha value is -2.93. The summed E-state index contributed by atoms with van der Waals surface area (Å²) in [4.78, 5) is 23.2. The van der Waals surface area contributed by atoms with Gasteiger partial charge in [-0.2, -0.15) is 0 Å². The number of anilines is 2. The molecule has 24 heavy (non-hydrogen) atoms. The van der Waals surface area contributed by atoms with E-state index in [9.17, 15) is 4.79 Å². The maximum absolute atomic E-state index is 12.6. The van der Waals surface area contributed by atoms with Crippen LogP contribution in [0.5, 0.6) is 0 Å². The molecule has 4 heterocycles. The number of hydrogen-bond acceptors (Lipinski definition) is 6. The molecule has 3 aromatic rings. The standard InChI is InChI=1S/C17H17N5O2/c23-17(12-9-16-14(20-10-12)2-8-24-16)21-13-1-3-19-11-15(13)22-6-4-18-5-7-22/h1-3,8-11,18H,4-7H2,(H,19,21,23). The fraction of sp³-hybridized carbons (Fsp3) is 0.235. The molecule has 0 aliphatic carbocycles. The molecule has 1 aliphatic rings. The van der Waals surface area contributed by atoms with E-state index in [4.69, 9.17) is 4.42 Å². The number of nitrogens with zero attached hydrogens (tertiary/aromatic N) is 3. The summed E-state index contributed by atoms with van der Waals surface area (Å²) in [7, 11) is 0. The van der Waals surface area contributed by atoms with Crippen LogP contribution in [-0.2, 0) is 0 Å². The minimum Gasteiger partial charge on any atom is -0.463 e. The van der Waals surface area contributed by atoms with Crippen LogP contribution in [0.3, 0.4) is 0 Å². The molecule has 1 aliphatic heterocycles. The van der Waals surface area contributed by atoms with Crippen molar-refractivity contribution >= 4 is 28.4 Å². The third-order valence-corrected chi connectivity index (χ3v) is 4.07. The van der Waals surface area contributed by atoms with Gasteiger partial charge in [-0.1, -0.05) is 0 Å². The van der Waals surface area contributed by atoms with Crippen molar-refractivity contribution in [3.63, 3.8) is 0 Å². The number of hydrogen-bond donors (Lipinski definition) is 2. The average Bonchev–Trinajstić information content (AvgIpc) is 3.10. The molecule has 0 saturated carbocycles. The Kier molecular flexibility index (Phi) is 3.84. The van der Waals surface area contributed by atoms with E-state index in [0.717, 1.165) is 43.1 Å². The van der Waals surface area contributed by atoms with E-state index in [0.29, 0.717) is 11.1 Å². The van der Waals surface area contributed by atoms with E-state index in [1.807, 2.05) is 6.07 Å². The summed E-state index contributed by atoms with van der Waals surface area (Å²) >= 11 is 0. The summed E-state index contributed by atoms with van der Waals surface area (Å²) < 4.78 is 5.31. The maximum Gasteiger partial charge on any atom is 0.257 e. The summed E-state index contributed by atoms with van der Waals surface area (Å²) in [5.41, 5.74) is 3.47. The van der Waals surface area contributed by atoms with Gasteiger partial charge >= 0.3 is 0 Å². The third-order valence-electron chi connectivity index (χ3n) is 4.07. The summed E-state index contributed by atoms with van der Waals surface area (Å²) in [6, 6.07) is 5.28. The summed E-state index contributed by atoms with van der Waals surface area (Å²) in [6.07, 6.45) is 6.58. The van der Waals surface area contributed by atoms with Gasteiger partial charge in [0.25, 0.3) is 5.91 Å². The zero-order chi connectivity index (χ0) is 16.4. The first-order chi connectivity index (χ1) is 11.8. The third kappa shape index (κ3) is 2.81. The van der Waals surface area contributed by atoms with Crippen molar-refractivity contribution in [3.05, 3.63) is 48.6 Å². The molecule has 4 rings (SSSR count). The van der Waals surface area contributed by atoms with Gasteiger partial charge in [0.1, 0.15) is 5.52 Å². The molecule has 1 saturated heterocycles. The fourth-order valence-electron chi connectivity index (χ4n) is 2.81. The smallest absolute Gasteiger partial charge is 0.257 e. The van der Waals surface area contributed by atoms with Gasteiger partial charge in [0, 0.05) is 44.6 Å². The topological polar surface area (TPSA) is 83.3 Å². The van der Waals surface area contributed by atoms with Gasteiger partial charge < -0.3 is 20.0 Å². The van der Waals surface area contributed by atoms with Crippen LogP contribution in [0.1, 0.15) is 10.4 Å². The highest BCUT2D eigenvalue weighted by molar-refractivity contribution is 6.06. The SMILES string of the molecule is O=C(Nc1ccncc1N1CCNCC1)c1cnc2ccoc2c1. The zero-order valence-corrected chi connectivity index (χ0v) is 13.0. The number of nitrogens with one attached hydrogen (secondary N) is 2. The van der Waals surface area contributed by atoms with E-state index in [1.165, 1.54) is 0 Å². The van der Waals surface area contributed by atoms with Crippen molar-refractivity contribution in [2.75, 3.05) is 36.4 Å². The van der Waals surface area contributed by atoms with Crippen LogP contribution in [0.15, 0.2) is 47.5 Å². The van der Waals surface area contributed by atoms with E-state index >= 15 is 0 Å². The van der Waals surface area contributed by atoms with E-state index in [1.54, 1.807) is 37.0 Å². The Morgan fingerprint density at radius 1 is 1.25 bits per heavy atom. The Morgan fingerprint density at radius 2 is 2.12 bits per heavy atom. The molecule has 0 radical (unpaired) electrons. The fourth-order valence-corrected chi connectivity index (χ4v) is 2.81. The number of fused-ring (bicyclic) bond motifs is 1. The van der Waals surface area contributed by atoms with Crippen LogP contribution < -0.4 is 15.5 Å². The average molecular weight is 323 g/mol. The van der Waals surface area contributed by atoms with Gasteiger partial charge in [-0.3, -0.25) is 14.8 Å². The monoisotopic (exact) mass is 323 g/mol. The van der Waals surface area contributed by atoms with E-state index in [-0.39, 0.29) is 5.91 Å². The van der Waals surface area contributed by atoms with Gasteiger partial charge in [0.15, 0.2) is 5.58 Å². The van der Waals surface area contributed by atoms with Gasteiger partial charge in [-0.05, 0) is 12.1 Å². The lowest BCUT2D eigenvalue weighted by atomic mass is 10.2. The lowest BCUT2D eigenvalue weighted by Crippen LogP contribution is -2.43. The molecule has 0 spiro atoms.